The second-order valence-corrected chi connectivity index (χ2v) is 11.3. The molecule has 2 aromatic heterocycles. The monoisotopic (exact) mass is 459 g/mol. The average Bonchev–Trinajstić information content (AvgIpc) is 3.03. The molecule has 0 unspecified atom stereocenters. The lowest BCUT2D eigenvalue weighted by molar-refractivity contribution is -0.170. The van der Waals surface area contributed by atoms with E-state index in [1.165, 1.54) is 6.07 Å². The lowest BCUT2D eigenvalue weighted by Gasteiger charge is -2.40. The number of aromatic nitrogens is 3. The zero-order valence-corrected chi connectivity index (χ0v) is 21.2. The largest absolute Gasteiger partial charge is 0.460 e. The van der Waals surface area contributed by atoms with E-state index in [-0.39, 0.29) is 29.7 Å². The van der Waals surface area contributed by atoms with Gasteiger partial charge in [-0.15, -0.1) is 0 Å². The molecule has 0 aromatic carbocycles. The Bertz CT molecular complexity index is 1010. The summed E-state index contributed by atoms with van der Waals surface area (Å²) in [6.07, 6.45) is 1.32. The minimum Gasteiger partial charge on any atom is -0.460 e. The van der Waals surface area contributed by atoms with Gasteiger partial charge in [0.1, 0.15) is 17.2 Å². The third kappa shape index (κ3) is 6.10. The summed E-state index contributed by atoms with van der Waals surface area (Å²) in [5.41, 5.74) is -0.324. The van der Waals surface area contributed by atoms with Crippen LogP contribution in [-0.4, -0.2) is 38.9 Å². The fraction of sp³-hybridized carbons (Fsp3) is 0.640. The summed E-state index contributed by atoms with van der Waals surface area (Å²) in [6.45, 7) is 16.5. The molecule has 1 aliphatic heterocycles. The number of piperidine rings is 1. The highest BCUT2D eigenvalue weighted by atomic mass is 19.1. The van der Waals surface area contributed by atoms with Gasteiger partial charge in [0.05, 0.1) is 16.6 Å². The minimum absolute atomic E-state index is 0.125. The normalized spacial score (nSPS) is 21.7. The Hall–Kier alpha value is -2.48. The lowest BCUT2D eigenvalue weighted by atomic mass is 9.72. The summed E-state index contributed by atoms with van der Waals surface area (Å²) in [4.78, 5) is 17.8. The number of rotatable bonds is 5. The van der Waals surface area contributed by atoms with Gasteiger partial charge in [0, 0.05) is 24.2 Å². The lowest BCUT2D eigenvalue weighted by Crippen LogP contribution is -2.50. The van der Waals surface area contributed by atoms with E-state index in [0.717, 1.165) is 5.69 Å². The molecule has 3 rings (SSSR count). The van der Waals surface area contributed by atoms with Gasteiger partial charge in [-0.1, -0.05) is 0 Å². The van der Waals surface area contributed by atoms with Crippen LogP contribution in [0.2, 0.25) is 0 Å². The number of pyridine rings is 1. The van der Waals surface area contributed by atoms with Gasteiger partial charge in [0.25, 0.3) is 0 Å². The van der Waals surface area contributed by atoms with Crippen molar-refractivity contribution in [1.82, 2.24) is 20.1 Å². The third-order valence-electron chi connectivity index (χ3n) is 5.83. The van der Waals surface area contributed by atoms with Crippen LogP contribution in [0, 0.1) is 18.2 Å². The molecule has 0 amide bonds. The van der Waals surface area contributed by atoms with Crippen LogP contribution in [0.5, 0.6) is 0 Å². The standard InChI is InChI=1S/C25H38FN5O2/c1-16-14-25(11-12-27-16,22(32)33-24(6,7)8)15-19-18(26)9-10-20(28-19)29-21-13-17(2)31(30-21)23(3,4)5/h9-10,13,16,27H,11-12,14-15H2,1-8H3,(H,28,29,30)/t16-,25-/m1/s1. The van der Waals surface area contributed by atoms with Gasteiger partial charge in [0.2, 0.25) is 0 Å². The van der Waals surface area contributed by atoms with Crippen molar-refractivity contribution in [3.05, 3.63) is 35.4 Å². The van der Waals surface area contributed by atoms with Crippen molar-refractivity contribution in [3.8, 4) is 0 Å². The summed E-state index contributed by atoms with van der Waals surface area (Å²) in [6, 6.07) is 5.05. The van der Waals surface area contributed by atoms with E-state index in [1.807, 2.05) is 45.4 Å². The van der Waals surface area contributed by atoms with E-state index in [2.05, 4.69) is 41.5 Å². The number of carbonyl (C=O) groups is 1. The molecule has 3 heterocycles. The van der Waals surface area contributed by atoms with Crippen molar-refractivity contribution in [2.75, 3.05) is 11.9 Å². The van der Waals surface area contributed by atoms with E-state index >= 15 is 0 Å². The SMILES string of the molecule is Cc1cc(Nc2ccc(F)c(C[C@@]3(C(=O)OC(C)(C)C)CCN[C@H](C)C3)n2)nn1C(C)(C)C. The van der Waals surface area contributed by atoms with Gasteiger partial charge in [-0.25, -0.2) is 9.37 Å². The zero-order chi connectivity index (χ0) is 24.6. The topological polar surface area (TPSA) is 81.1 Å². The van der Waals surface area contributed by atoms with Crippen LogP contribution in [-0.2, 0) is 21.5 Å². The van der Waals surface area contributed by atoms with Crippen LogP contribution in [0.4, 0.5) is 16.0 Å². The van der Waals surface area contributed by atoms with Crippen molar-refractivity contribution in [1.29, 1.82) is 0 Å². The molecular weight excluding hydrogens is 421 g/mol. The summed E-state index contributed by atoms with van der Waals surface area (Å²) < 4.78 is 22.6. The van der Waals surface area contributed by atoms with E-state index in [9.17, 15) is 9.18 Å². The van der Waals surface area contributed by atoms with Crippen molar-refractivity contribution in [2.45, 2.75) is 91.8 Å². The molecule has 2 atom stereocenters. The average molecular weight is 460 g/mol. The zero-order valence-electron chi connectivity index (χ0n) is 21.2. The molecule has 1 fully saturated rings. The van der Waals surface area contributed by atoms with Crippen molar-refractivity contribution < 1.29 is 13.9 Å². The third-order valence-corrected chi connectivity index (χ3v) is 5.83. The predicted octanol–water partition coefficient (Wildman–Crippen LogP) is 4.87. The quantitative estimate of drug-likeness (QED) is 0.621. The molecule has 1 saturated heterocycles. The molecule has 0 saturated carbocycles. The maximum Gasteiger partial charge on any atom is 0.313 e. The first-order valence-electron chi connectivity index (χ1n) is 11.6. The van der Waals surface area contributed by atoms with E-state index in [4.69, 9.17) is 4.74 Å². The molecule has 2 aromatic rings. The number of esters is 1. The van der Waals surface area contributed by atoms with Crippen LogP contribution >= 0.6 is 0 Å². The summed E-state index contributed by atoms with van der Waals surface area (Å²) in [7, 11) is 0. The maximum absolute atomic E-state index is 14.9. The van der Waals surface area contributed by atoms with Crippen LogP contribution < -0.4 is 10.6 Å². The van der Waals surface area contributed by atoms with Gasteiger partial charge in [-0.3, -0.25) is 9.48 Å². The molecule has 0 bridgehead atoms. The van der Waals surface area contributed by atoms with Crippen molar-refractivity contribution >= 4 is 17.6 Å². The molecule has 182 valence electrons. The van der Waals surface area contributed by atoms with Gasteiger partial charge in [0.15, 0.2) is 5.82 Å². The smallest absolute Gasteiger partial charge is 0.313 e. The summed E-state index contributed by atoms with van der Waals surface area (Å²) >= 11 is 0. The van der Waals surface area contributed by atoms with Crippen LogP contribution in [0.15, 0.2) is 18.2 Å². The second kappa shape index (κ2) is 9.05. The van der Waals surface area contributed by atoms with Crippen molar-refractivity contribution in [3.63, 3.8) is 0 Å². The Morgan fingerprint density at radius 2 is 1.97 bits per heavy atom. The Morgan fingerprint density at radius 3 is 2.55 bits per heavy atom. The van der Waals surface area contributed by atoms with Gasteiger partial charge >= 0.3 is 5.97 Å². The maximum atomic E-state index is 14.9. The number of anilines is 2. The van der Waals surface area contributed by atoms with Crippen LogP contribution in [0.25, 0.3) is 0 Å². The molecule has 0 spiro atoms. The molecule has 8 heteroatoms. The van der Waals surface area contributed by atoms with E-state index in [0.29, 0.717) is 31.0 Å². The number of ether oxygens (including phenoxy) is 1. The van der Waals surface area contributed by atoms with E-state index < -0.39 is 16.8 Å². The summed E-state index contributed by atoms with van der Waals surface area (Å²) in [5.74, 6) is 0.421. The second-order valence-electron chi connectivity index (χ2n) is 11.3. The van der Waals surface area contributed by atoms with E-state index in [1.54, 1.807) is 6.07 Å². The fourth-order valence-corrected chi connectivity index (χ4v) is 4.47. The number of nitrogens with one attached hydrogen (secondary N) is 2. The number of nitrogens with zero attached hydrogens (tertiary/aromatic N) is 3. The molecule has 7 nitrogen and oxygen atoms in total. The first kappa shape index (κ1) is 25.1. The highest BCUT2D eigenvalue weighted by Crippen LogP contribution is 2.38. The predicted molar refractivity (Wildman–Crippen MR) is 128 cm³/mol. The number of aryl methyl sites for hydroxylation is 1. The number of halogens is 1. The molecule has 0 radical (unpaired) electrons. The molecule has 1 aliphatic rings. The number of hydrogen-bond acceptors (Lipinski definition) is 6. The minimum atomic E-state index is -0.825. The van der Waals surface area contributed by atoms with Crippen molar-refractivity contribution in [2.24, 2.45) is 5.41 Å². The van der Waals surface area contributed by atoms with Gasteiger partial charge in [-0.2, -0.15) is 5.10 Å². The molecule has 0 aliphatic carbocycles. The van der Waals surface area contributed by atoms with Gasteiger partial charge < -0.3 is 15.4 Å². The highest BCUT2D eigenvalue weighted by Gasteiger charge is 2.45. The molecular formula is C25H38FN5O2. The molecule has 2 N–H and O–H groups in total. The van der Waals surface area contributed by atoms with Gasteiger partial charge in [-0.05, 0) is 86.9 Å². The Morgan fingerprint density at radius 1 is 1.27 bits per heavy atom. The highest BCUT2D eigenvalue weighted by molar-refractivity contribution is 5.78. The Kier molecular flexibility index (Phi) is 6.89. The fourth-order valence-electron chi connectivity index (χ4n) is 4.47. The number of carbonyl (C=O) groups excluding carboxylic acids is 1. The van der Waals surface area contributed by atoms with Crippen LogP contribution in [0.1, 0.15) is 72.7 Å². The Balaban J connectivity index is 1.89. The molecule has 33 heavy (non-hydrogen) atoms. The van der Waals surface area contributed by atoms with Crippen LogP contribution in [0.3, 0.4) is 0 Å². The first-order chi connectivity index (χ1) is 15.2. The summed E-state index contributed by atoms with van der Waals surface area (Å²) in [5, 5.41) is 11.2. The Labute approximate surface area is 196 Å². The number of hydrogen-bond donors (Lipinski definition) is 2. The first-order valence-corrected chi connectivity index (χ1v) is 11.6.